The van der Waals surface area contributed by atoms with Crippen LogP contribution in [0.3, 0.4) is 0 Å². The summed E-state index contributed by atoms with van der Waals surface area (Å²) in [6.45, 7) is 2.78. The summed E-state index contributed by atoms with van der Waals surface area (Å²) >= 11 is 0. The van der Waals surface area contributed by atoms with Crippen LogP contribution < -0.4 is 0 Å². The van der Waals surface area contributed by atoms with Crippen LogP contribution in [0.25, 0.3) is 0 Å². The van der Waals surface area contributed by atoms with E-state index in [9.17, 15) is 24.6 Å². The van der Waals surface area contributed by atoms with E-state index in [4.69, 9.17) is 4.74 Å². The highest BCUT2D eigenvalue weighted by atomic mass is 16.6. The Hall–Kier alpha value is -2.57. The molecule has 1 aromatic carbocycles. The highest BCUT2D eigenvalue weighted by molar-refractivity contribution is 5.81. The lowest BCUT2D eigenvalue weighted by molar-refractivity contribution is -0.163. The molecule has 1 aliphatic rings. The number of likely N-dealkylation sites (tertiary alicyclic amines) is 1. The van der Waals surface area contributed by atoms with E-state index in [0.717, 1.165) is 5.56 Å². The molecule has 130 valence electrons. The maximum atomic E-state index is 12.3. The van der Waals surface area contributed by atoms with Gasteiger partial charge in [0.1, 0.15) is 6.61 Å². The standard InChI is InChI=1S/C17H21NO6/c1-16(13(19)20)9-17(2,14(21)22)11-18(10-16)15(23)24-8-12-6-4-3-5-7-12/h3-7H,8-11H2,1-2H3,(H,19,20)(H,21,22)/t16-,17+. The normalized spacial score (nSPS) is 26.7. The second-order valence-electron chi connectivity index (χ2n) is 6.80. The van der Waals surface area contributed by atoms with E-state index in [1.165, 1.54) is 18.7 Å². The summed E-state index contributed by atoms with van der Waals surface area (Å²) in [5.41, 5.74) is -1.88. The van der Waals surface area contributed by atoms with Crippen LogP contribution >= 0.6 is 0 Å². The smallest absolute Gasteiger partial charge is 0.410 e. The van der Waals surface area contributed by atoms with E-state index in [1.54, 1.807) is 12.1 Å². The van der Waals surface area contributed by atoms with E-state index in [-0.39, 0.29) is 26.1 Å². The molecule has 0 saturated carbocycles. The van der Waals surface area contributed by atoms with Crippen molar-refractivity contribution < 1.29 is 29.3 Å². The topological polar surface area (TPSA) is 104 Å². The van der Waals surface area contributed by atoms with Gasteiger partial charge in [-0.2, -0.15) is 0 Å². The van der Waals surface area contributed by atoms with Gasteiger partial charge in [0.2, 0.25) is 0 Å². The third-order valence-corrected chi connectivity index (χ3v) is 4.36. The number of nitrogens with zero attached hydrogens (tertiary/aromatic N) is 1. The number of carboxylic acid groups (broad SMARTS) is 2. The molecule has 2 rings (SSSR count). The van der Waals surface area contributed by atoms with Crippen LogP contribution in [-0.2, 0) is 20.9 Å². The van der Waals surface area contributed by atoms with Gasteiger partial charge in [0.25, 0.3) is 0 Å². The molecule has 2 N–H and O–H groups in total. The number of ether oxygens (including phenoxy) is 1. The van der Waals surface area contributed by atoms with Gasteiger partial charge in [-0.15, -0.1) is 0 Å². The van der Waals surface area contributed by atoms with E-state index < -0.39 is 28.9 Å². The lowest BCUT2D eigenvalue weighted by atomic mass is 9.69. The highest BCUT2D eigenvalue weighted by Gasteiger charge is 2.52. The number of carbonyl (C=O) groups is 3. The Kier molecular flexibility index (Phi) is 4.82. The average molecular weight is 335 g/mol. The lowest BCUT2D eigenvalue weighted by Crippen LogP contribution is -2.57. The average Bonchev–Trinajstić information content (AvgIpc) is 2.52. The van der Waals surface area contributed by atoms with Gasteiger partial charge >= 0.3 is 18.0 Å². The van der Waals surface area contributed by atoms with E-state index >= 15 is 0 Å². The highest BCUT2D eigenvalue weighted by Crippen LogP contribution is 2.41. The largest absolute Gasteiger partial charge is 0.481 e. The second-order valence-corrected chi connectivity index (χ2v) is 6.80. The summed E-state index contributed by atoms with van der Waals surface area (Å²) in [5, 5.41) is 18.9. The third kappa shape index (κ3) is 3.67. The molecule has 7 nitrogen and oxygen atoms in total. The maximum Gasteiger partial charge on any atom is 0.410 e. The zero-order valence-electron chi connectivity index (χ0n) is 13.7. The van der Waals surface area contributed by atoms with Crippen molar-refractivity contribution in [2.75, 3.05) is 13.1 Å². The summed E-state index contributed by atoms with van der Waals surface area (Å²) in [6, 6.07) is 9.06. The first-order valence-electron chi connectivity index (χ1n) is 7.59. The van der Waals surface area contributed by atoms with Crippen LogP contribution in [0, 0.1) is 10.8 Å². The monoisotopic (exact) mass is 335 g/mol. The Morgan fingerprint density at radius 1 is 1.04 bits per heavy atom. The van der Waals surface area contributed by atoms with Crippen molar-refractivity contribution >= 4 is 18.0 Å². The minimum absolute atomic E-state index is 0.0454. The summed E-state index contributed by atoms with van der Waals surface area (Å²) in [5.74, 6) is -2.26. The van der Waals surface area contributed by atoms with Crippen LogP contribution in [0.2, 0.25) is 0 Å². The number of carboxylic acids is 2. The molecule has 1 saturated heterocycles. The lowest BCUT2D eigenvalue weighted by Gasteiger charge is -2.44. The van der Waals surface area contributed by atoms with Crippen molar-refractivity contribution in [3.8, 4) is 0 Å². The molecule has 1 heterocycles. The molecule has 0 aromatic heterocycles. The summed E-state index contributed by atoms with van der Waals surface area (Å²) in [7, 11) is 0. The van der Waals surface area contributed by atoms with Crippen LogP contribution in [0.5, 0.6) is 0 Å². The molecule has 7 heteroatoms. The number of amides is 1. The van der Waals surface area contributed by atoms with Crippen LogP contribution in [0.4, 0.5) is 4.79 Å². The first-order chi connectivity index (χ1) is 11.2. The minimum atomic E-state index is -1.34. The molecular weight excluding hydrogens is 314 g/mol. The van der Waals surface area contributed by atoms with Crippen molar-refractivity contribution in [2.45, 2.75) is 26.9 Å². The molecule has 1 aromatic rings. The Morgan fingerprint density at radius 2 is 1.54 bits per heavy atom. The maximum absolute atomic E-state index is 12.3. The van der Waals surface area contributed by atoms with Crippen molar-refractivity contribution in [3.05, 3.63) is 35.9 Å². The number of piperidine rings is 1. The third-order valence-electron chi connectivity index (χ3n) is 4.36. The molecule has 0 radical (unpaired) electrons. The van der Waals surface area contributed by atoms with Crippen LogP contribution in [-0.4, -0.2) is 46.2 Å². The molecule has 0 aliphatic carbocycles. The van der Waals surface area contributed by atoms with Crippen molar-refractivity contribution in [1.82, 2.24) is 4.90 Å². The number of carbonyl (C=O) groups excluding carboxylic acids is 1. The minimum Gasteiger partial charge on any atom is -0.481 e. The Balaban J connectivity index is 2.13. The SMILES string of the molecule is C[C@]1(C(=O)O)CN(C(=O)OCc2ccccc2)C[C@@](C)(C(=O)O)C1. The number of rotatable bonds is 4. The zero-order valence-corrected chi connectivity index (χ0v) is 13.7. The number of benzene rings is 1. The predicted octanol–water partition coefficient (Wildman–Crippen LogP) is 2.21. The van der Waals surface area contributed by atoms with Gasteiger partial charge in [0, 0.05) is 13.1 Å². The molecule has 1 aliphatic heterocycles. The van der Waals surface area contributed by atoms with Gasteiger partial charge in [-0.05, 0) is 25.8 Å². The number of aliphatic carboxylic acids is 2. The first kappa shape index (κ1) is 17.8. The molecule has 0 bridgehead atoms. The first-order valence-corrected chi connectivity index (χ1v) is 7.59. The molecule has 0 unspecified atom stereocenters. The van der Waals surface area contributed by atoms with Crippen molar-refractivity contribution in [3.63, 3.8) is 0 Å². The summed E-state index contributed by atoms with van der Waals surface area (Å²) in [4.78, 5) is 36.6. The molecule has 24 heavy (non-hydrogen) atoms. The Morgan fingerprint density at radius 3 is 2.00 bits per heavy atom. The molecular formula is C17H21NO6. The zero-order chi connectivity index (χ0) is 18.0. The van der Waals surface area contributed by atoms with Crippen LogP contribution in [0.15, 0.2) is 30.3 Å². The van der Waals surface area contributed by atoms with Gasteiger partial charge < -0.3 is 19.8 Å². The van der Waals surface area contributed by atoms with Crippen molar-refractivity contribution in [2.24, 2.45) is 10.8 Å². The van der Waals surface area contributed by atoms with Gasteiger partial charge in [0.05, 0.1) is 10.8 Å². The number of hydrogen-bond acceptors (Lipinski definition) is 4. The summed E-state index contributed by atoms with van der Waals surface area (Å²) < 4.78 is 5.21. The Labute approximate surface area is 139 Å². The van der Waals surface area contributed by atoms with Gasteiger partial charge in [0.15, 0.2) is 0 Å². The van der Waals surface area contributed by atoms with E-state index in [1.807, 2.05) is 18.2 Å². The van der Waals surface area contributed by atoms with E-state index in [0.29, 0.717) is 0 Å². The molecule has 2 atom stereocenters. The predicted molar refractivity (Wildman–Crippen MR) is 84.3 cm³/mol. The van der Waals surface area contributed by atoms with Crippen LogP contribution in [0.1, 0.15) is 25.8 Å². The van der Waals surface area contributed by atoms with E-state index in [2.05, 4.69) is 0 Å². The number of hydrogen-bond donors (Lipinski definition) is 2. The Bertz CT molecular complexity index is 618. The van der Waals surface area contributed by atoms with Crippen molar-refractivity contribution in [1.29, 1.82) is 0 Å². The van der Waals surface area contributed by atoms with Gasteiger partial charge in [-0.1, -0.05) is 30.3 Å². The second kappa shape index (κ2) is 6.51. The fourth-order valence-electron chi connectivity index (χ4n) is 3.10. The molecule has 1 fully saturated rings. The molecule has 1 amide bonds. The fourth-order valence-corrected chi connectivity index (χ4v) is 3.10. The quantitative estimate of drug-likeness (QED) is 0.874. The fraction of sp³-hybridized carbons (Fsp3) is 0.471. The molecule has 0 spiro atoms. The van der Waals surface area contributed by atoms with Gasteiger partial charge in [-0.25, -0.2) is 4.79 Å². The van der Waals surface area contributed by atoms with Gasteiger partial charge in [-0.3, -0.25) is 9.59 Å². The summed E-state index contributed by atoms with van der Waals surface area (Å²) in [6.07, 6.45) is -0.758.